The van der Waals surface area contributed by atoms with Crippen LogP contribution in [0.15, 0.2) is 16.8 Å². The van der Waals surface area contributed by atoms with Gasteiger partial charge in [0.1, 0.15) is 6.17 Å². The lowest BCUT2D eigenvalue weighted by molar-refractivity contribution is -0.131. The summed E-state index contributed by atoms with van der Waals surface area (Å²) in [6, 6.07) is 2.03. The minimum Gasteiger partial charge on any atom is -0.384 e. The van der Waals surface area contributed by atoms with Crippen LogP contribution >= 0.6 is 11.3 Å². The third kappa shape index (κ3) is 4.05. The molecule has 0 saturated carbocycles. The molecule has 1 aromatic heterocycles. The van der Waals surface area contributed by atoms with Crippen LogP contribution in [0.3, 0.4) is 0 Å². The van der Waals surface area contributed by atoms with Crippen LogP contribution < -0.4 is 5.32 Å². The first-order chi connectivity index (χ1) is 10.0. The molecule has 1 aromatic rings. The Morgan fingerprint density at radius 1 is 1.43 bits per heavy atom. The zero-order chi connectivity index (χ0) is 15.4. The lowest BCUT2D eigenvalue weighted by Gasteiger charge is -2.26. The molecule has 3 unspecified atom stereocenters. The number of carbonyl (C=O) groups excluding carboxylic acids is 1. The monoisotopic (exact) mass is 310 g/mol. The lowest BCUT2D eigenvalue weighted by Crippen LogP contribution is -2.35. The van der Waals surface area contributed by atoms with Crippen molar-refractivity contribution in [2.45, 2.75) is 39.4 Å². The summed E-state index contributed by atoms with van der Waals surface area (Å²) in [5.74, 6) is 1.06. The predicted molar refractivity (Wildman–Crippen MR) is 86.2 cm³/mol. The summed E-state index contributed by atoms with van der Waals surface area (Å²) >= 11 is 1.67. The van der Waals surface area contributed by atoms with E-state index in [1.165, 1.54) is 5.56 Å². The number of ether oxygens (including phenoxy) is 1. The topological polar surface area (TPSA) is 41.6 Å². The molecule has 21 heavy (non-hydrogen) atoms. The predicted octanol–water partition coefficient (Wildman–Crippen LogP) is 2.88. The minimum absolute atomic E-state index is 0.00630. The number of rotatable bonds is 7. The number of methoxy groups -OCH3 is 1. The van der Waals surface area contributed by atoms with Crippen LogP contribution in [0.5, 0.6) is 0 Å². The summed E-state index contributed by atoms with van der Waals surface area (Å²) in [5, 5.41) is 7.70. The molecule has 0 aliphatic carbocycles. The van der Waals surface area contributed by atoms with E-state index in [0.29, 0.717) is 18.4 Å². The maximum Gasteiger partial charge on any atom is 0.241 e. The Kier molecular flexibility index (Phi) is 5.79. The molecule has 0 spiro atoms. The van der Waals surface area contributed by atoms with Crippen molar-refractivity contribution >= 4 is 17.2 Å². The third-order valence-corrected chi connectivity index (χ3v) is 4.48. The highest BCUT2D eigenvalue weighted by atomic mass is 32.1. The number of carbonyl (C=O) groups is 1. The molecule has 0 radical (unpaired) electrons. The number of nitrogens with one attached hydrogen (secondary N) is 1. The summed E-state index contributed by atoms with van der Waals surface area (Å²) in [7, 11) is 1.71. The number of hydrogen-bond donors (Lipinski definition) is 1. The Morgan fingerprint density at radius 3 is 2.76 bits per heavy atom. The van der Waals surface area contributed by atoms with Gasteiger partial charge in [-0.15, -0.1) is 0 Å². The average molecular weight is 310 g/mol. The van der Waals surface area contributed by atoms with Crippen molar-refractivity contribution in [2.75, 3.05) is 20.3 Å². The van der Waals surface area contributed by atoms with Crippen LogP contribution in [0.4, 0.5) is 0 Å². The van der Waals surface area contributed by atoms with Gasteiger partial charge in [0, 0.05) is 13.7 Å². The summed E-state index contributed by atoms with van der Waals surface area (Å²) in [4.78, 5) is 14.7. The van der Waals surface area contributed by atoms with E-state index < -0.39 is 0 Å². The highest BCUT2D eigenvalue weighted by Gasteiger charge is 2.40. The van der Waals surface area contributed by atoms with Crippen LogP contribution in [0.1, 0.15) is 38.9 Å². The molecule has 1 aliphatic rings. The molecule has 3 atom stereocenters. The number of hydrogen-bond acceptors (Lipinski definition) is 4. The first kappa shape index (κ1) is 16.5. The van der Waals surface area contributed by atoms with Crippen molar-refractivity contribution < 1.29 is 9.53 Å². The van der Waals surface area contributed by atoms with Gasteiger partial charge in [-0.25, -0.2) is 0 Å². The fourth-order valence-corrected chi connectivity index (χ4v) is 3.57. The Bertz CT molecular complexity index is 447. The van der Waals surface area contributed by atoms with E-state index in [0.717, 1.165) is 13.0 Å². The van der Waals surface area contributed by atoms with Gasteiger partial charge in [-0.1, -0.05) is 20.8 Å². The van der Waals surface area contributed by atoms with Crippen LogP contribution in [-0.2, 0) is 9.53 Å². The van der Waals surface area contributed by atoms with Gasteiger partial charge in [0.05, 0.1) is 12.6 Å². The van der Waals surface area contributed by atoms with E-state index in [2.05, 4.69) is 42.9 Å². The van der Waals surface area contributed by atoms with Crippen molar-refractivity contribution in [3.63, 3.8) is 0 Å². The fraction of sp³-hybridized carbons (Fsp3) is 0.688. The molecule has 0 bridgehead atoms. The second-order valence-electron chi connectivity index (χ2n) is 6.36. The first-order valence-corrected chi connectivity index (χ1v) is 8.54. The van der Waals surface area contributed by atoms with E-state index in [-0.39, 0.29) is 18.1 Å². The maximum absolute atomic E-state index is 12.7. The lowest BCUT2D eigenvalue weighted by atomic mass is 10.0. The second-order valence-corrected chi connectivity index (χ2v) is 7.14. The Balaban J connectivity index is 2.13. The van der Waals surface area contributed by atoms with Crippen molar-refractivity contribution in [2.24, 2.45) is 11.8 Å². The summed E-state index contributed by atoms with van der Waals surface area (Å²) in [6.45, 7) is 7.84. The SMILES string of the molecule is COCC(C)CN1C(=O)C(CC(C)C)NC1c1ccsc1. The molecule has 4 nitrogen and oxygen atoms in total. The fourth-order valence-electron chi connectivity index (χ4n) is 2.89. The van der Waals surface area contributed by atoms with Gasteiger partial charge < -0.3 is 9.64 Å². The van der Waals surface area contributed by atoms with Crippen LogP contribution in [-0.4, -0.2) is 37.1 Å². The number of amides is 1. The molecule has 2 heterocycles. The Morgan fingerprint density at radius 2 is 2.19 bits per heavy atom. The highest BCUT2D eigenvalue weighted by molar-refractivity contribution is 7.07. The molecule has 1 amide bonds. The van der Waals surface area contributed by atoms with Crippen molar-refractivity contribution in [1.29, 1.82) is 0 Å². The Labute approximate surface area is 131 Å². The number of thiophene rings is 1. The quantitative estimate of drug-likeness (QED) is 0.842. The van der Waals surface area contributed by atoms with E-state index in [1.807, 2.05) is 4.90 Å². The molecule has 1 N–H and O–H groups in total. The first-order valence-electron chi connectivity index (χ1n) is 7.60. The summed E-state index contributed by atoms with van der Waals surface area (Å²) < 4.78 is 5.21. The van der Waals surface area contributed by atoms with Crippen LogP contribution in [0.2, 0.25) is 0 Å². The van der Waals surface area contributed by atoms with Crippen molar-refractivity contribution in [3.8, 4) is 0 Å². The third-order valence-electron chi connectivity index (χ3n) is 3.78. The molecule has 1 fully saturated rings. The van der Waals surface area contributed by atoms with Gasteiger partial charge >= 0.3 is 0 Å². The maximum atomic E-state index is 12.7. The van der Waals surface area contributed by atoms with Crippen molar-refractivity contribution in [1.82, 2.24) is 10.2 Å². The van der Waals surface area contributed by atoms with Gasteiger partial charge in [-0.3, -0.25) is 10.1 Å². The molecular formula is C16H26N2O2S. The van der Waals surface area contributed by atoms with Gasteiger partial charge in [0.2, 0.25) is 5.91 Å². The zero-order valence-electron chi connectivity index (χ0n) is 13.3. The second kappa shape index (κ2) is 7.38. The zero-order valence-corrected chi connectivity index (χ0v) is 14.2. The molecule has 5 heteroatoms. The molecule has 118 valence electrons. The number of nitrogens with zero attached hydrogens (tertiary/aromatic N) is 1. The van der Waals surface area contributed by atoms with Crippen LogP contribution in [0, 0.1) is 11.8 Å². The normalized spacial score (nSPS) is 24.0. The van der Waals surface area contributed by atoms with Crippen molar-refractivity contribution in [3.05, 3.63) is 22.4 Å². The smallest absolute Gasteiger partial charge is 0.241 e. The van der Waals surface area contributed by atoms with Gasteiger partial charge in [0.15, 0.2) is 0 Å². The standard InChI is InChI=1S/C16H26N2O2S/c1-11(2)7-14-16(19)18(8-12(3)9-20-4)15(17-14)13-5-6-21-10-13/h5-6,10-12,14-15,17H,7-9H2,1-4H3. The average Bonchev–Trinajstić information content (AvgIpc) is 3.02. The van der Waals surface area contributed by atoms with E-state index in [9.17, 15) is 4.79 Å². The molecular weight excluding hydrogens is 284 g/mol. The van der Waals surface area contributed by atoms with E-state index >= 15 is 0 Å². The van der Waals surface area contributed by atoms with Crippen LogP contribution in [0.25, 0.3) is 0 Å². The Hall–Kier alpha value is -0.910. The molecule has 2 rings (SSSR count). The van der Waals surface area contributed by atoms with E-state index in [1.54, 1.807) is 18.4 Å². The van der Waals surface area contributed by atoms with E-state index in [4.69, 9.17) is 4.74 Å². The molecule has 1 aliphatic heterocycles. The molecule has 0 aromatic carbocycles. The van der Waals surface area contributed by atoms with Gasteiger partial charge in [-0.05, 0) is 40.6 Å². The van der Waals surface area contributed by atoms with Gasteiger partial charge in [-0.2, -0.15) is 11.3 Å². The summed E-state index contributed by atoms with van der Waals surface area (Å²) in [6.07, 6.45) is 0.890. The highest BCUT2D eigenvalue weighted by Crippen LogP contribution is 2.29. The summed E-state index contributed by atoms with van der Waals surface area (Å²) in [5.41, 5.74) is 1.18. The minimum atomic E-state index is -0.0651. The largest absolute Gasteiger partial charge is 0.384 e. The molecule has 1 saturated heterocycles. The van der Waals surface area contributed by atoms with Gasteiger partial charge in [0.25, 0.3) is 0 Å².